The van der Waals surface area contributed by atoms with E-state index >= 15 is 0 Å². The lowest BCUT2D eigenvalue weighted by atomic mass is 10.0. The average Bonchev–Trinajstić information content (AvgIpc) is 3.72. The van der Waals surface area contributed by atoms with Crippen LogP contribution in [0.2, 0.25) is 0 Å². The van der Waals surface area contributed by atoms with Crippen LogP contribution in [0.3, 0.4) is 0 Å². The molecule has 2 saturated heterocycles. The summed E-state index contributed by atoms with van der Waals surface area (Å²) >= 11 is 0. The number of carbonyl (C=O) groups is 1. The molecule has 2 aromatic carbocycles. The summed E-state index contributed by atoms with van der Waals surface area (Å²) in [5.74, 6) is 8.89. The Hall–Kier alpha value is -4.09. The molecule has 0 aliphatic carbocycles. The number of nitrogens with zero attached hydrogens (tertiary/aromatic N) is 3. The molecule has 0 spiro atoms. The van der Waals surface area contributed by atoms with Crippen LogP contribution in [0.15, 0.2) is 48.8 Å². The Morgan fingerprint density at radius 1 is 1.02 bits per heavy atom. The van der Waals surface area contributed by atoms with Crippen molar-refractivity contribution in [1.29, 1.82) is 0 Å². The number of imidazole rings is 2. The van der Waals surface area contributed by atoms with Gasteiger partial charge in [0.1, 0.15) is 22.9 Å². The Morgan fingerprint density at radius 2 is 1.82 bits per heavy atom. The maximum Gasteiger partial charge on any atom is 0.410 e. The highest BCUT2D eigenvalue weighted by atomic mass is 16.6. The van der Waals surface area contributed by atoms with E-state index in [-0.39, 0.29) is 12.1 Å². The van der Waals surface area contributed by atoms with Crippen molar-refractivity contribution in [2.75, 3.05) is 13.1 Å². The van der Waals surface area contributed by atoms with Crippen LogP contribution in [-0.4, -0.2) is 49.6 Å². The summed E-state index contributed by atoms with van der Waals surface area (Å²) in [4.78, 5) is 30.4. The minimum absolute atomic E-state index is 0.121. The first-order chi connectivity index (χ1) is 19.2. The fraction of sp³-hybridized carbons (Fsp3) is 0.406. The predicted molar refractivity (Wildman–Crippen MR) is 156 cm³/mol. The number of likely N-dealkylation sites (tertiary alicyclic amines) is 1. The molecule has 8 heteroatoms. The monoisotopic (exact) mass is 536 g/mol. The van der Waals surface area contributed by atoms with Crippen molar-refractivity contribution in [3.8, 4) is 23.1 Å². The lowest BCUT2D eigenvalue weighted by Crippen LogP contribution is -2.36. The third kappa shape index (κ3) is 5.61. The Balaban J connectivity index is 1.15. The zero-order chi connectivity index (χ0) is 27.9. The van der Waals surface area contributed by atoms with Gasteiger partial charge < -0.3 is 20.0 Å². The second kappa shape index (κ2) is 10.5. The molecule has 3 atom stereocenters. The van der Waals surface area contributed by atoms with E-state index in [9.17, 15) is 4.79 Å². The summed E-state index contributed by atoms with van der Waals surface area (Å²) in [7, 11) is 0. The number of fused-ring (bicyclic) bond motifs is 1. The Kier molecular flexibility index (Phi) is 6.85. The SMILES string of the molecule is C[C@@H]1CN[C@H](c2ncc(-c3ccc4cc(C#Cc5cnc([C@@H]6CCCN6C(=O)OC(C)(C)C)[nH]5)ccc4c3)[nH]2)C1. The second-order valence-electron chi connectivity index (χ2n) is 12.0. The van der Waals surface area contributed by atoms with Crippen LogP contribution in [0.25, 0.3) is 22.0 Å². The standard InChI is InChI=1S/C32H36N6O2/c1-20-14-26(33-17-20)29-35-19-27(37-29)24-11-10-22-15-21(7-9-23(22)16-24)8-12-25-18-34-30(36-25)28-6-5-13-38(28)31(39)40-32(2,3)4/h7,9-11,15-16,18-20,26,28,33H,5-6,13-14,17H2,1-4H3,(H,34,36)(H,35,37)/t20-,26-,28-/m0/s1. The van der Waals surface area contributed by atoms with Crippen LogP contribution in [-0.2, 0) is 4.74 Å². The largest absolute Gasteiger partial charge is 0.444 e. The smallest absolute Gasteiger partial charge is 0.410 e. The van der Waals surface area contributed by atoms with E-state index in [1.807, 2.05) is 33.0 Å². The van der Waals surface area contributed by atoms with Crippen molar-refractivity contribution < 1.29 is 9.53 Å². The first-order valence-electron chi connectivity index (χ1n) is 14.1. The van der Waals surface area contributed by atoms with Crippen LogP contribution in [0.5, 0.6) is 0 Å². The maximum atomic E-state index is 12.7. The molecule has 0 bridgehead atoms. The molecule has 0 saturated carbocycles. The number of H-pyrrole nitrogens is 2. The summed E-state index contributed by atoms with van der Waals surface area (Å²) < 4.78 is 5.59. The zero-order valence-electron chi connectivity index (χ0n) is 23.5. The third-order valence-electron chi connectivity index (χ3n) is 7.56. The number of aromatic amines is 2. The van der Waals surface area contributed by atoms with Crippen molar-refractivity contribution >= 4 is 16.9 Å². The maximum absolute atomic E-state index is 12.7. The van der Waals surface area contributed by atoms with Crippen LogP contribution in [0.4, 0.5) is 4.79 Å². The Bertz CT molecular complexity index is 1600. The number of rotatable bonds is 3. The molecule has 40 heavy (non-hydrogen) atoms. The molecule has 206 valence electrons. The van der Waals surface area contributed by atoms with Gasteiger partial charge in [-0.25, -0.2) is 14.8 Å². The lowest BCUT2D eigenvalue weighted by Gasteiger charge is -2.27. The van der Waals surface area contributed by atoms with E-state index in [4.69, 9.17) is 4.74 Å². The number of aromatic nitrogens is 4. The fourth-order valence-electron chi connectivity index (χ4n) is 5.57. The summed E-state index contributed by atoms with van der Waals surface area (Å²) in [6.07, 6.45) is 6.25. The summed E-state index contributed by atoms with van der Waals surface area (Å²) in [5, 5.41) is 5.82. The normalized spacial score (nSPS) is 21.0. The molecular formula is C32H36N6O2. The summed E-state index contributed by atoms with van der Waals surface area (Å²) in [6.45, 7) is 9.61. The third-order valence-corrected chi connectivity index (χ3v) is 7.56. The lowest BCUT2D eigenvalue weighted by molar-refractivity contribution is 0.0218. The van der Waals surface area contributed by atoms with Crippen molar-refractivity contribution in [3.05, 3.63) is 71.7 Å². The van der Waals surface area contributed by atoms with E-state index in [0.29, 0.717) is 18.5 Å². The molecule has 2 aliphatic heterocycles. The minimum Gasteiger partial charge on any atom is -0.444 e. The average molecular weight is 537 g/mol. The first-order valence-corrected chi connectivity index (χ1v) is 14.1. The molecule has 6 rings (SSSR count). The molecule has 4 heterocycles. The van der Waals surface area contributed by atoms with Crippen molar-refractivity contribution in [1.82, 2.24) is 30.2 Å². The highest BCUT2D eigenvalue weighted by molar-refractivity contribution is 5.88. The number of benzene rings is 2. The number of ether oxygens (including phenoxy) is 1. The first kappa shape index (κ1) is 26.1. The summed E-state index contributed by atoms with van der Waals surface area (Å²) in [5.41, 5.74) is 3.28. The molecular weight excluding hydrogens is 500 g/mol. The number of hydrogen-bond acceptors (Lipinski definition) is 5. The Labute approximate surface area is 234 Å². The van der Waals surface area contributed by atoms with E-state index in [2.05, 4.69) is 74.3 Å². The molecule has 1 amide bonds. The quantitative estimate of drug-likeness (QED) is 0.275. The van der Waals surface area contributed by atoms with E-state index in [1.54, 1.807) is 11.1 Å². The molecule has 2 aliphatic rings. The van der Waals surface area contributed by atoms with Gasteiger partial charge in [0.2, 0.25) is 0 Å². The molecule has 2 aromatic heterocycles. The highest BCUT2D eigenvalue weighted by Crippen LogP contribution is 2.32. The van der Waals surface area contributed by atoms with Crippen LogP contribution >= 0.6 is 0 Å². The van der Waals surface area contributed by atoms with E-state index < -0.39 is 5.60 Å². The van der Waals surface area contributed by atoms with Crippen LogP contribution < -0.4 is 5.32 Å². The van der Waals surface area contributed by atoms with E-state index in [0.717, 1.165) is 70.7 Å². The van der Waals surface area contributed by atoms with Gasteiger partial charge in [-0.1, -0.05) is 31.0 Å². The van der Waals surface area contributed by atoms with Crippen LogP contribution in [0.1, 0.15) is 81.9 Å². The zero-order valence-corrected chi connectivity index (χ0v) is 23.5. The van der Waals surface area contributed by atoms with Crippen molar-refractivity contribution in [2.24, 2.45) is 5.92 Å². The summed E-state index contributed by atoms with van der Waals surface area (Å²) in [6, 6.07) is 12.9. The molecule has 8 nitrogen and oxygen atoms in total. The Morgan fingerprint density at radius 3 is 2.62 bits per heavy atom. The van der Waals surface area contributed by atoms with Gasteiger partial charge in [0.05, 0.1) is 30.2 Å². The number of amides is 1. The highest BCUT2D eigenvalue weighted by Gasteiger charge is 2.34. The second-order valence-corrected chi connectivity index (χ2v) is 12.0. The van der Waals surface area contributed by atoms with Gasteiger partial charge in [0.15, 0.2) is 0 Å². The number of nitrogens with one attached hydrogen (secondary N) is 3. The molecule has 0 radical (unpaired) electrons. The van der Waals surface area contributed by atoms with Gasteiger partial charge in [-0.2, -0.15) is 0 Å². The number of hydrogen-bond donors (Lipinski definition) is 3. The molecule has 0 unspecified atom stereocenters. The van der Waals surface area contributed by atoms with Crippen LogP contribution in [0, 0.1) is 17.8 Å². The minimum atomic E-state index is -0.528. The van der Waals surface area contributed by atoms with Crippen molar-refractivity contribution in [3.63, 3.8) is 0 Å². The molecule has 2 fully saturated rings. The van der Waals surface area contributed by atoms with Gasteiger partial charge in [-0.05, 0) is 87.4 Å². The van der Waals surface area contributed by atoms with Gasteiger partial charge in [0, 0.05) is 17.7 Å². The number of carbonyl (C=O) groups excluding carboxylic acids is 1. The van der Waals surface area contributed by atoms with E-state index in [1.165, 1.54) is 0 Å². The molecule has 4 aromatic rings. The van der Waals surface area contributed by atoms with Gasteiger partial charge >= 0.3 is 6.09 Å². The predicted octanol–water partition coefficient (Wildman–Crippen LogP) is 6.10. The van der Waals surface area contributed by atoms with Crippen molar-refractivity contribution in [2.45, 2.75) is 64.6 Å². The molecule has 3 N–H and O–H groups in total. The van der Waals surface area contributed by atoms with Gasteiger partial charge in [0.25, 0.3) is 0 Å². The van der Waals surface area contributed by atoms with Gasteiger partial charge in [-0.3, -0.25) is 4.90 Å². The topological polar surface area (TPSA) is 98.9 Å². The fourth-order valence-corrected chi connectivity index (χ4v) is 5.57. The van der Waals surface area contributed by atoms with Gasteiger partial charge in [-0.15, -0.1) is 0 Å².